The molecule has 0 saturated carbocycles. The van der Waals surface area contributed by atoms with Crippen molar-refractivity contribution in [1.82, 2.24) is 9.78 Å². The van der Waals surface area contributed by atoms with Crippen LogP contribution < -0.4 is 0 Å². The summed E-state index contributed by atoms with van der Waals surface area (Å²) >= 11 is 0. The number of hydrogen-bond donors (Lipinski definition) is 0. The Hall–Kier alpha value is -1.28. The molecule has 0 aliphatic carbocycles. The van der Waals surface area contributed by atoms with Crippen molar-refractivity contribution < 1.29 is 30.7 Å². The molecule has 1 rings (SSSR count). The zero-order valence-corrected chi connectivity index (χ0v) is 6.77. The van der Waals surface area contributed by atoms with Gasteiger partial charge in [-0.3, -0.25) is 0 Å². The van der Waals surface area contributed by atoms with Gasteiger partial charge in [0.15, 0.2) is 0 Å². The van der Waals surface area contributed by atoms with E-state index in [1.165, 1.54) is 0 Å². The van der Waals surface area contributed by atoms with E-state index in [9.17, 15) is 30.7 Å². The van der Waals surface area contributed by atoms with Crippen LogP contribution in [0.2, 0.25) is 0 Å². The van der Waals surface area contributed by atoms with Crippen molar-refractivity contribution in [2.75, 3.05) is 0 Å². The lowest BCUT2D eigenvalue weighted by Crippen LogP contribution is -2.53. The molecular weight excluding hydrogens is 233 g/mol. The van der Waals surface area contributed by atoms with E-state index in [2.05, 4.69) is 5.10 Å². The largest absolute Gasteiger partial charge is 0.462 e. The fourth-order valence-electron chi connectivity index (χ4n) is 0.749. The van der Waals surface area contributed by atoms with Gasteiger partial charge in [-0.2, -0.15) is 35.8 Å². The van der Waals surface area contributed by atoms with Gasteiger partial charge < -0.3 is 0 Å². The summed E-state index contributed by atoms with van der Waals surface area (Å²) in [7, 11) is 0. The summed E-state index contributed by atoms with van der Waals surface area (Å²) in [6.07, 6.45) is -5.36. The predicted octanol–water partition coefficient (Wildman–Crippen LogP) is 2.63. The van der Waals surface area contributed by atoms with Gasteiger partial charge in [0, 0.05) is 12.4 Å². The topological polar surface area (TPSA) is 17.8 Å². The van der Waals surface area contributed by atoms with Gasteiger partial charge in [-0.05, 0) is 6.07 Å². The average Bonchev–Trinajstić information content (AvgIpc) is 2.53. The number of halogens is 7. The molecule has 0 fully saturated rings. The monoisotopic (exact) mass is 236 g/mol. The number of aromatic nitrogens is 2. The number of rotatable bonds is 2. The number of hydrogen-bond acceptors (Lipinski definition) is 1. The van der Waals surface area contributed by atoms with Crippen LogP contribution in [0.5, 0.6) is 0 Å². The van der Waals surface area contributed by atoms with Gasteiger partial charge in [-0.25, -0.2) is 4.68 Å². The third-order valence-electron chi connectivity index (χ3n) is 1.53. The second-order valence-electron chi connectivity index (χ2n) is 2.56. The van der Waals surface area contributed by atoms with Gasteiger partial charge in [0.2, 0.25) is 0 Å². The molecule has 0 aliphatic heterocycles. The summed E-state index contributed by atoms with van der Waals surface area (Å²) in [5.41, 5.74) is 0. The molecule has 0 radical (unpaired) electrons. The molecule has 0 bridgehead atoms. The number of nitrogens with zero attached hydrogens (tertiary/aromatic N) is 2. The Balaban J connectivity index is 3.17. The quantitative estimate of drug-likeness (QED) is 0.721. The fraction of sp³-hybridized carbons (Fsp3) is 0.500. The Morgan fingerprint density at radius 2 is 1.47 bits per heavy atom. The van der Waals surface area contributed by atoms with Gasteiger partial charge in [0.25, 0.3) is 0 Å². The SMILES string of the molecule is FC(F)(F)C(F)(F)C(F)(F)n1cccn1. The molecule has 0 spiro atoms. The molecule has 0 N–H and O–H groups in total. The van der Waals surface area contributed by atoms with Crippen LogP contribution in [-0.4, -0.2) is 21.9 Å². The summed E-state index contributed by atoms with van der Waals surface area (Å²) in [5.74, 6) is -6.17. The minimum atomic E-state index is -6.34. The van der Waals surface area contributed by atoms with Crippen LogP contribution >= 0.6 is 0 Å². The molecule has 1 heterocycles. The van der Waals surface area contributed by atoms with Crippen LogP contribution in [0.4, 0.5) is 30.7 Å². The summed E-state index contributed by atoms with van der Waals surface area (Å²) in [6.45, 7) is 0. The third kappa shape index (κ3) is 1.65. The Kier molecular flexibility index (Phi) is 2.44. The first-order valence-corrected chi connectivity index (χ1v) is 3.43. The lowest BCUT2D eigenvalue weighted by Gasteiger charge is -2.27. The lowest BCUT2D eigenvalue weighted by molar-refractivity contribution is -0.383. The van der Waals surface area contributed by atoms with E-state index < -0.39 is 22.8 Å². The van der Waals surface area contributed by atoms with Gasteiger partial charge in [0.05, 0.1) is 0 Å². The van der Waals surface area contributed by atoms with Crippen molar-refractivity contribution in [3.05, 3.63) is 18.5 Å². The van der Waals surface area contributed by atoms with Crippen molar-refractivity contribution in [2.24, 2.45) is 0 Å². The molecule has 15 heavy (non-hydrogen) atoms. The number of alkyl halides is 7. The molecule has 2 nitrogen and oxygen atoms in total. The highest BCUT2D eigenvalue weighted by molar-refractivity contribution is 4.91. The van der Waals surface area contributed by atoms with E-state index in [0.29, 0.717) is 12.4 Å². The van der Waals surface area contributed by atoms with E-state index in [1.54, 1.807) is 0 Å². The lowest BCUT2D eigenvalue weighted by atomic mass is 10.3. The first-order valence-electron chi connectivity index (χ1n) is 3.43. The van der Waals surface area contributed by atoms with Crippen molar-refractivity contribution >= 4 is 0 Å². The fourth-order valence-corrected chi connectivity index (χ4v) is 0.749. The maximum atomic E-state index is 12.7. The van der Waals surface area contributed by atoms with Crippen LogP contribution in [0.1, 0.15) is 0 Å². The molecule has 1 aromatic heterocycles. The minimum absolute atomic E-state index is 0.319. The molecule has 0 unspecified atom stereocenters. The summed E-state index contributed by atoms with van der Waals surface area (Å²) in [5, 5.41) is 2.65. The molecular formula is C6H3F7N2. The first kappa shape index (κ1) is 11.8. The zero-order chi connectivity index (χ0) is 11.9. The van der Waals surface area contributed by atoms with E-state index in [0.717, 1.165) is 6.07 Å². The molecule has 0 atom stereocenters. The molecule has 86 valence electrons. The zero-order valence-electron chi connectivity index (χ0n) is 6.77. The summed E-state index contributed by atoms with van der Waals surface area (Å²) in [6, 6.07) is -4.64. The Bertz CT molecular complexity index is 326. The first-order chi connectivity index (χ1) is 6.61. The second-order valence-corrected chi connectivity index (χ2v) is 2.56. The van der Waals surface area contributed by atoms with Gasteiger partial charge >= 0.3 is 18.1 Å². The maximum Gasteiger partial charge on any atom is 0.462 e. The van der Waals surface area contributed by atoms with Gasteiger partial charge in [0.1, 0.15) is 0 Å². The highest BCUT2D eigenvalue weighted by Crippen LogP contribution is 2.48. The maximum absolute atomic E-state index is 12.7. The van der Waals surface area contributed by atoms with Crippen LogP contribution in [0, 0.1) is 0 Å². The highest BCUT2D eigenvalue weighted by Gasteiger charge is 2.74. The van der Waals surface area contributed by atoms with Crippen molar-refractivity contribution in [2.45, 2.75) is 18.1 Å². The molecule has 0 amide bonds. The smallest absolute Gasteiger partial charge is 0.204 e. The molecule has 1 aromatic rings. The van der Waals surface area contributed by atoms with Crippen LogP contribution in [0.15, 0.2) is 18.5 Å². The van der Waals surface area contributed by atoms with E-state index >= 15 is 0 Å². The van der Waals surface area contributed by atoms with E-state index in [-0.39, 0.29) is 0 Å². The van der Waals surface area contributed by atoms with Crippen LogP contribution in [-0.2, 0) is 6.05 Å². The Morgan fingerprint density at radius 3 is 1.80 bits per heavy atom. The molecule has 0 aliphatic rings. The molecule has 9 heteroatoms. The Morgan fingerprint density at radius 1 is 0.933 bits per heavy atom. The normalized spacial score (nSPS) is 14.3. The van der Waals surface area contributed by atoms with Crippen molar-refractivity contribution in [1.29, 1.82) is 0 Å². The molecule has 0 saturated heterocycles. The predicted molar refractivity (Wildman–Crippen MR) is 33.4 cm³/mol. The van der Waals surface area contributed by atoms with E-state index in [1.807, 2.05) is 0 Å². The average molecular weight is 236 g/mol. The minimum Gasteiger partial charge on any atom is -0.204 e. The van der Waals surface area contributed by atoms with Crippen LogP contribution in [0.25, 0.3) is 0 Å². The van der Waals surface area contributed by atoms with Crippen LogP contribution in [0.3, 0.4) is 0 Å². The highest BCUT2D eigenvalue weighted by atomic mass is 19.4. The van der Waals surface area contributed by atoms with Gasteiger partial charge in [-0.15, -0.1) is 0 Å². The Labute approximate surface area is 78.3 Å². The van der Waals surface area contributed by atoms with Crippen molar-refractivity contribution in [3.8, 4) is 0 Å². The van der Waals surface area contributed by atoms with E-state index in [4.69, 9.17) is 0 Å². The standard InChI is InChI=1S/C6H3F7N2/c7-4(8,5(9,10)11)6(12,13)15-3-1-2-14-15/h1-3H. The summed E-state index contributed by atoms with van der Waals surface area (Å²) < 4.78 is 84.3. The summed E-state index contributed by atoms with van der Waals surface area (Å²) in [4.78, 5) is 0. The van der Waals surface area contributed by atoms with Gasteiger partial charge in [-0.1, -0.05) is 0 Å². The third-order valence-corrected chi connectivity index (χ3v) is 1.53. The van der Waals surface area contributed by atoms with Crippen molar-refractivity contribution in [3.63, 3.8) is 0 Å². The second kappa shape index (κ2) is 3.11. The molecule has 0 aromatic carbocycles.